The molecule has 0 saturated heterocycles. The highest BCUT2D eigenvalue weighted by Crippen LogP contribution is 2.22. The Bertz CT molecular complexity index is 426. The molecule has 0 aliphatic carbocycles. The van der Waals surface area contributed by atoms with E-state index in [2.05, 4.69) is 15.9 Å². The van der Waals surface area contributed by atoms with Gasteiger partial charge in [0, 0.05) is 5.56 Å². The van der Waals surface area contributed by atoms with Gasteiger partial charge in [-0.3, -0.25) is 4.79 Å². The van der Waals surface area contributed by atoms with Crippen LogP contribution in [0, 0.1) is 17.1 Å². The summed E-state index contributed by atoms with van der Waals surface area (Å²) in [5.41, 5.74) is -0.0394. The average Bonchev–Trinajstić information content (AvgIpc) is 2.13. The van der Waals surface area contributed by atoms with Gasteiger partial charge in [0.05, 0.1) is 22.5 Å². The Balaban J connectivity index is 3.29. The number of carbonyl (C=O) groups is 1. The second-order valence-corrected chi connectivity index (χ2v) is 3.42. The molecule has 0 aromatic heterocycles. The fourth-order valence-electron chi connectivity index (χ4n) is 1.02. The lowest BCUT2D eigenvalue weighted by Gasteiger charge is -2.03. The lowest BCUT2D eigenvalue weighted by Crippen LogP contribution is -2.05. The number of nitrogens with zero attached hydrogens (tertiary/aromatic N) is 1. The Morgan fingerprint density at radius 1 is 1.64 bits per heavy atom. The van der Waals surface area contributed by atoms with Crippen molar-refractivity contribution in [2.45, 2.75) is 6.42 Å². The van der Waals surface area contributed by atoms with Gasteiger partial charge in [-0.15, -0.1) is 0 Å². The summed E-state index contributed by atoms with van der Waals surface area (Å²) in [5, 5.41) is 17.1. The van der Waals surface area contributed by atoms with Gasteiger partial charge in [0.15, 0.2) is 0 Å². The van der Waals surface area contributed by atoms with Crippen LogP contribution in [0.4, 0.5) is 4.39 Å². The smallest absolute Gasteiger partial charge is 0.307 e. The predicted molar refractivity (Wildman–Crippen MR) is 50.2 cm³/mol. The van der Waals surface area contributed by atoms with Crippen molar-refractivity contribution in [1.29, 1.82) is 5.26 Å². The van der Waals surface area contributed by atoms with E-state index in [1.807, 2.05) is 0 Å². The molecule has 72 valence electrons. The predicted octanol–water partition coefficient (Wildman–Crippen LogP) is 2.09. The number of aliphatic carboxylic acids is 1. The first-order valence-corrected chi connectivity index (χ1v) is 4.44. The second kappa shape index (κ2) is 4.20. The molecule has 0 aliphatic rings. The molecular formula is C9H5BrFNO2. The molecule has 0 heterocycles. The van der Waals surface area contributed by atoms with Crippen LogP contribution >= 0.6 is 15.9 Å². The van der Waals surface area contributed by atoms with Crippen molar-refractivity contribution in [2.75, 3.05) is 0 Å². The highest BCUT2D eigenvalue weighted by molar-refractivity contribution is 9.10. The number of hydrogen-bond acceptors (Lipinski definition) is 2. The Morgan fingerprint density at radius 3 is 2.79 bits per heavy atom. The van der Waals surface area contributed by atoms with Crippen molar-refractivity contribution >= 4 is 21.9 Å². The zero-order chi connectivity index (χ0) is 10.7. The fraction of sp³-hybridized carbons (Fsp3) is 0.111. The summed E-state index contributed by atoms with van der Waals surface area (Å²) < 4.78 is 13.5. The van der Waals surface area contributed by atoms with E-state index in [9.17, 15) is 9.18 Å². The summed E-state index contributed by atoms with van der Waals surface area (Å²) in [6, 6.07) is 4.50. The van der Waals surface area contributed by atoms with Crippen molar-refractivity contribution in [1.82, 2.24) is 0 Å². The standard InChI is InChI=1S/C9H5BrFNO2/c10-7-2-1-5(4-12)6(9(7)11)3-8(13)14/h1-2H,3H2,(H,13,14). The topological polar surface area (TPSA) is 61.1 Å². The van der Waals surface area contributed by atoms with E-state index in [1.54, 1.807) is 6.07 Å². The molecule has 0 amide bonds. The largest absolute Gasteiger partial charge is 0.481 e. The van der Waals surface area contributed by atoms with Crippen LogP contribution in [0.1, 0.15) is 11.1 Å². The highest BCUT2D eigenvalue weighted by Gasteiger charge is 2.14. The van der Waals surface area contributed by atoms with Gasteiger partial charge in [-0.25, -0.2) is 4.39 Å². The van der Waals surface area contributed by atoms with Crippen LogP contribution in [-0.2, 0) is 11.2 Å². The minimum absolute atomic E-state index is 0.0492. The Kier molecular flexibility index (Phi) is 3.20. The first-order valence-electron chi connectivity index (χ1n) is 3.65. The molecule has 0 bridgehead atoms. The maximum absolute atomic E-state index is 13.3. The number of carboxylic acids is 1. The van der Waals surface area contributed by atoms with Gasteiger partial charge in [-0.05, 0) is 28.1 Å². The molecule has 1 aromatic carbocycles. The number of carboxylic acid groups (broad SMARTS) is 1. The van der Waals surface area contributed by atoms with Crippen molar-refractivity contribution in [3.63, 3.8) is 0 Å². The first-order chi connectivity index (χ1) is 6.56. The first kappa shape index (κ1) is 10.7. The van der Waals surface area contributed by atoms with Crippen LogP contribution in [-0.4, -0.2) is 11.1 Å². The molecule has 0 fully saturated rings. The normalized spacial score (nSPS) is 9.50. The maximum atomic E-state index is 13.3. The van der Waals surface area contributed by atoms with Crippen molar-refractivity contribution in [2.24, 2.45) is 0 Å². The van der Waals surface area contributed by atoms with Gasteiger partial charge < -0.3 is 5.11 Å². The summed E-state index contributed by atoms with van der Waals surface area (Å²) >= 11 is 2.92. The summed E-state index contributed by atoms with van der Waals surface area (Å²) in [4.78, 5) is 10.4. The van der Waals surface area contributed by atoms with Gasteiger partial charge in [0.25, 0.3) is 0 Å². The number of benzene rings is 1. The summed E-state index contributed by atoms with van der Waals surface area (Å²) in [5.74, 6) is -1.86. The van der Waals surface area contributed by atoms with Crippen LogP contribution in [0.3, 0.4) is 0 Å². The third-order valence-corrected chi connectivity index (χ3v) is 2.26. The lowest BCUT2D eigenvalue weighted by atomic mass is 10.1. The number of rotatable bonds is 2. The molecule has 1 N–H and O–H groups in total. The Labute approximate surface area is 87.9 Å². The molecule has 1 rings (SSSR count). The molecule has 5 heteroatoms. The molecule has 0 atom stereocenters. The van der Waals surface area contributed by atoms with Gasteiger partial charge in [0.1, 0.15) is 5.82 Å². The van der Waals surface area contributed by atoms with Crippen molar-refractivity contribution < 1.29 is 14.3 Å². The highest BCUT2D eigenvalue weighted by atomic mass is 79.9. The molecule has 0 saturated carbocycles. The summed E-state index contributed by atoms with van der Waals surface area (Å²) in [6.07, 6.45) is -0.492. The molecule has 3 nitrogen and oxygen atoms in total. The molecular weight excluding hydrogens is 253 g/mol. The summed E-state index contributed by atoms with van der Waals surface area (Å²) in [7, 11) is 0. The second-order valence-electron chi connectivity index (χ2n) is 2.57. The zero-order valence-electron chi connectivity index (χ0n) is 6.92. The van der Waals surface area contributed by atoms with Crippen LogP contribution < -0.4 is 0 Å². The van der Waals surface area contributed by atoms with E-state index < -0.39 is 18.2 Å². The summed E-state index contributed by atoms with van der Waals surface area (Å²) in [6.45, 7) is 0. The monoisotopic (exact) mass is 257 g/mol. The van der Waals surface area contributed by atoms with Crippen molar-refractivity contribution in [3.8, 4) is 6.07 Å². The lowest BCUT2D eigenvalue weighted by molar-refractivity contribution is -0.136. The van der Waals surface area contributed by atoms with Crippen LogP contribution in [0.2, 0.25) is 0 Å². The Hall–Kier alpha value is -1.41. The fourth-order valence-corrected chi connectivity index (χ4v) is 1.39. The van der Waals surface area contributed by atoms with Crippen LogP contribution in [0.5, 0.6) is 0 Å². The minimum atomic E-state index is -1.17. The quantitative estimate of drug-likeness (QED) is 0.883. The van der Waals surface area contributed by atoms with Gasteiger partial charge in [-0.2, -0.15) is 5.26 Å². The van der Waals surface area contributed by atoms with Gasteiger partial charge in [0.2, 0.25) is 0 Å². The van der Waals surface area contributed by atoms with Crippen LogP contribution in [0.15, 0.2) is 16.6 Å². The molecule has 0 unspecified atom stereocenters. The van der Waals surface area contributed by atoms with E-state index in [0.717, 1.165) is 0 Å². The van der Waals surface area contributed by atoms with Crippen molar-refractivity contribution in [3.05, 3.63) is 33.5 Å². The van der Waals surface area contributed by atoms with E-state index in [-0.39, 0.29) is 15.6 Å². The SMILES string of the molecule is N#Cc1ccc(Br)c(F)c1CC(=O)O. The maximum Gasteiger partial charge on any atom is 0.307 e. The third kappa shape index (κ3) is 2.09. The van der Waals surface area contributed by atoms with Crippen LogP contribution in [0.25, 0.3) is 0 Å². The van der Waals surface area contributed by atoms with E-state index in [4.69, 9.17) is 10.4 Å². The molecule has 0 aliphatic heterocycles. The van der Waals surface area contributed by atoms with Gasteiger partial charge in [-0.1, -0.05) is 0 Å². The zero-order valence-corrected chi connectivity index (χ0v) is 8.51. The Morgan fingerprint density at radius 2 is 2.29 bits per heavy atom. The molecule has 14 heavy (non-hydrogen) atoms. The minimum Gasteiger partial charge on any atom is -0.481 e. The number of hydrogen-bond donors (Lipinski definition) is 1. The van der Waals surface area contributed by atoms with E-state index >= 15 is 0 Å². The van der Waals surface area contributed by atoms with E-state index in [0.29, 0.717) is 0 Å². The number of nitriles is 1. The van der Waals surface area contributed by atoms with E-state index in [1.165, 1.54) is 12.1 Å². The van der Waals surface area contributed by atoms with Gasteiger partial charge >= 0.3 is 5.97 Å². The third-order valence-electron chi connectivity index (χ3n) is 1.64. The average molecular weight is 258 g/mol. The number of halogens is 2. The molecule has 0 radical (unpaired) electrons. The molecule has 1 aromatic rings. The molecule has 0 spiro atoms.